The van der Waals surface area contributed by atoms with E-state index in [-0.39, 0.29) is 4.47 Å². The zero-order chi connectivity index (χ0) is 15.5. The van der Waals surface area contributed by atoms with Crippen LogP contribution in [0.4, 0.5) is 13.2 Å². The highest BCUT2D eigenvalue weighted by molar-refractivity contribution is 9.10. The molecule has 1 aromatic carbocycles. The van der Waals surface area contributed by atoms with Crippen LogP contribution in [0.25, 0.3) is 5.69 Å². The van der Waals surface area contributed by atoms with Crippen LogP contribution in [0.15, 0.2) is 34.9 Å². The van der Waals surface area contributed by atoms with Crippen LogP contribution in [-0.4, -0.2) is 16.3 Å². The minimum atomic E-state index is -4.40. The van der Waals surface area contributed by atoms with Gasteiger partial charge >= 0.3 is 6.18 Å². The Kier molecular flexibility index (Phi) is 5.05. The summed E-state index contributed by atoms with van der Waals surface area (Å²) in [7, 11) is 0. The van der Waals surface area contributed by atoms with Gasteiger partial charge in [0.25, 0.3) is 0 Å². The molecule has 21 heavy (non-hydrogen) atoms. The van der Waals surface area contributed by atoms with E-state index in [0.29, 0.717) is 12.2 Å². The molecule has 0 saturated heterocycles. The Labute approximate surface area is 129 Å². The molecule has 0 atom stereocenters. The molecule has 0 aliphatic carbocycles. The van der Waals surface area contributed by atoms with Crippen LogP contribution in [0, 0.1) is 0 Å². The normalized spacial score (nSPS) is 11.9. The smallest absolute Gasteiger partial charge is 0.311 e. The number of halogens is 4. The third-order valence-corrected chi connectivity index (χ3v) is 3.59. The van der Waals surface area contributed by atoms with Gasteiger partial charge in [0, 0.05) is 17.2 Å². The fraction of sp³-hybridized carbons (Fsp3) is 0.357. The second-order valence-electron chi connectivity index (χ2n) is 4.59. The van der Waals surface area contributed by atoms with Crippen molar-refractivity contribution in [3.8, 4) is 5.69 Å². The zero-order valence-corrected chi connectivity index (χ0v) is 13.0. The highest BCUT2D eigenvalue weighted by atomic mass is 79.9. The molecule has 1 heterocycles. The van der Waals surface area contributed by atoms with Crippen molar-refractivity contribution in [2.75, 3.05) is 6.54 Å². The molecule has 0 saturated carbocycles. The van der Waals surface area contributed by atoms with Crippen LogP contribution in [0.2, 0.25) is 0 Å². The van der Waals surface area contributed by atoms with Crippen molar-refractivity contribution in [1.82, 2.24) is 15.1 Å². The minimum Gasteiger partial charge on any atom is -0.311 e. The summed E-state index contributed by atoms with van der Waals surface area (Å²) in [5.41, 5.74) is 0.466. The van der Waals surface area contributed by atoms with Crippen LogP contribution in [0.3, 0.4) is 0 Å². The summed E-state index contributed by atoms with van der Waals surface area (Å²) < 4.78 is 40.1. The number of alkyl halides is 3. The summed E-state index contributed by atoms with van der Waals surface area (Å²) in [6.45, 7) is 3.54. The molecule has 1 aromatic heterocycles. The van der Waals surface area contributed by atoms with Gasteiger partial charge in [-0.3, -0.25) is 0 Å². The van der Waals surface area contributed by atoms with E-state index in [9.17, 15) is 13.2 Å². The third-order valence-electron chi connectivity index (χ3n) is 2.90. The zero-order valence-electron chi connectivity index (χ0n) is 11.4. The SMILES string of the molecule is CCCNCc1ccn(-c2ccc(Br)c(C(F)(F)F)c2)n1. The van der Waals surface area contributed by atoms with Crippen molar-refractivity contribution in [3.63, 3.8) is 0 Å². The Morgan fingerprint density at radius 1 is 1.29 bits per heavy atom. The second-order valence-corrected chi connectivity index (χ2v) is 5.44. The number of hydrogen-bond donors (Lipinski definition) is 1. The Hall–Kier alpha value is -1.34. The van der Waals surface area contributed by atoms with Crippen molar-refractivity contribution < 1.29 is 13.2 Å². The monoisotopic (exact) mass is 361 g/mol. The summed E-state index contributed by atoms with van der Waals surface area (Å²) in [6.07, 6.45) is -1.72. The van der Waals surface area contributed by atoms with E-state index < -0.39 is 11.7 Å². The Morgan fingerprint density at radius 3 is 2.71 bits per heavy atom. The lowest BCUT2D eigenvalue weighted by Gasteiger charge is -2.11. The van der Waals surface area contributed by atoms with Gasteiger partial charge in [-0.2, -0.15) is 18.3 Å². The highest BCUT2D eigenvalue weighted by Crippen LogP contribution is 2.35. The summed E-state index contributed by atoms with van der Waals surface area (Å²) in [6, 6.07) is 5.85. The molecule has 1 N–H and O–H groups in total. The third kappa shape index (κ3) is 4.07. The highest BCUT2D eigenvalue weighted by Gasteiger charge is 2.33. The number of hydrogen-bond acceptors (Lipinski definition) is 2. The van der Waals surface area contributed by atoms with E-state index in [1.54, 1.807) is 18.3 Å². The van der Waals surface area contributed by atoms with Gasteiger partial charge in [-0.15, -0.1) is 0 Å². The first kappa shape index (κ1) is 16.0. The molecule has 0 unspecified atom stereocenters. The molecule has 7 heteroatoms. The Morgan fingerprint density at radius 2 is 2.05 bits per heavy atom. The molecule has 0 aliphatic rings. The largest absolute Gasteiger partial charge is 0.417 e. The standard InChI is InChI=1S/C14H15BrF3N3/c1-2-6-19-9-10-5-7-21(20-10)11-3-4-13(15)12(8-11)14(16,17)18/h3-5,7-8,19H,2,6,9H2,1H3. The molecule has 0 fully saturated rings. The molecule has 2 aromatic rings. The van der Waals surface area contributed by atoms with Crippen molar-refractivity contribution in [2.24, 2.45) is 0 Å². The topological polar surface area (TPSA) is 29.9 Å². The predicted octanol–water partition coefficient (Wildman–Crippen LogP) is 4.15. The molecular weight excluding hydrogens is 347 g/mol. The first-order valence-corrected chi connectivity index (χ1v) is 7.33. The fourth-order valence-corrected chi connectivity index (χ4v) is 2.34. The average Bonchev–Trinajstić information content (AvgIpc) is 2.87. The summed E-state index contributed by atoms with van der Waals surface area (Å²) in [4.78, 5) is 0. The van der Waals surface area contributed by atoms with Crippen LogP contribution < -0.4 is 5.32 Å². The minimum absolute atomic E-state index is 0.0238. The summed E-state index contributed by atoms with van der Waals surface area (Å²) in [5.74, 6) is 0. The summed E-state index contributed by atoms with van der Waals surface area (Å²) in [5, 5.41) is 7.47. The predicted molar refractivity (Wildman–Crippen MR) is 78.3 cm³/mol. The van der Waals surface area contributed by atoms with Gasteiger partial charge in [-0.1, -0.05) is 22.9 Å². The summed E-state index contributed by atoms with van der Waals surface area (Å²) >= 11 is 2.93. The lowest BCUT2D eigenvalue weighted by Crippen LogP contribution is -2.14. The first-order valence-electron chi connectivity index (χ1n) is 6.54. The average molecular weight is 362 g/mol. The molecule has 2 rings (SSSR count). The van der Waals surface area contributed by atoms with Crippen LogP contribution in [0.5, 0.6) is 0 Å². The van der Waals surface area contributed by atoms with Crippen LogP contribution >= 0.6 is 15.9 Å². The van der Waals surface area contributed by atoms with Crippen molar-refractivity contribution in [2.45, 2.75) is 26.1 Å². The van der Waals surface area contributed by atoms with Gasteiger partial charge < -0.3 is 5.32 Å². The van der Waals surface area contributed by atoms with Crippen LogP contribution in [-0.2, 0) is 12.7 Å². The van der Waals surface area contributed by atoms with Gasteiger partial charge in [-0.25, -0.2) is 4.68 Å². The van der Waals surface area contributed by atoms with E-state index >= 15 is 0 Å². The molecule has 0 spiro atoms. The van der Waals surface area contributed by atoms with E-state index in [1.807, 2.05) is 0 Å². The van der Waals surface area contributed by atoms with Crippen molar-refractivity contribution in [3.05, 3.63) is 46.2 Å². The quantitative estimate of drug-likeness (QED) is 0.810. The molecule has 114 valence electrons. The molecule has 0 bridgehead atoms. The lowest BCUT2D eigenvalue weighted by atomic mass is 10.2. The van der Waals surface area contributed by atoms with Crippen LogP contribution in [0.1, 0.15) is 24.6 Å². The van der Waals surface area contributed by atoms with Gasteiger partial charge in [0.1, 0.15) is 0 Å². The second kappa shape index (κ2) is 6.62. The maximum atomic E-state index is 12.9. The Balaban J connectivity index is 2.22. The van der Waals surface area contributed by atoms with Crippen molar-refractivity contribution in [1.29, 1.82) is 0 Å². The number of nitrogens with zero attached hydrogens (tertiary/aromatic N) is 2. The molecule has 0 aliphatic heterocycles. The lowest BCUT2D eigenvalue weighted by molar-refractivity contribution is -0.138. The van der Waals surface area contributed by atoms with Gasteiger partial charge in [-0.05, 0) is 37.2 Å². The fourth-order valence-electron chi connectivity index (χ4n) is 1.87. The van der Waals surface area contributed by atoms with E-state index in [2.05, 4.69) is 33.3 Å². The molecule has 3 nitrogen and oxygen atoms in total. The Bertz CT molecular complexity index is 608. The van der Waals surface area contributed by atoms with E-state index in [1.165, 1.54) is 10.7 Å². The number of rotatable bonds is 5. The van der Waals surface area contributed by atoms with Gasteiger partial charge in [0.15, 0.2) is 0 Å². The molecular formula is C14H15BrF3N3. The van der Waals surface area contributed by atoms with Gasteiger partial charge in [0.2, 0.25) is 0 Å². The number of benzene rings is 1. The maximum Gasteiger partial charge on any atom is 0.417 e. The maximum absolute atomic E-state index is 12.9. The number of aromatic nitrogens is 2. The van der Waals surface area contributed by atoms with E-state index in [0.717, 1.165) is 24.7 Å². The number of nitrogens with one attached hydrogen (secondary N) is 1. The van der Waals surface area contributed by atoms with Gasteiger partial charge in [0.05, 0.1) is 16.9 Å². The first-order chi connectivity index (χ1) is 9.91. The molecule has 0 radical (unpaired) electrons. The van der Waals surface area contributed by atoms with E-state index in [4.69, 9.17) is 0 Å². The van der Waals surface area contributed by atoms with Crippen molar-refractivity contribution >= 4 is 15.9 Å². The molecule has 0 amide bonds.